The van der Waals surface area contributed by atoms with E-state index < -0.39 is 5.60 Å². The zero-order chi connectivity index (χ0) is 13.3. The van der Waals surface area contributed by atoms with Crippen molar-refractivity contribution in [2.24, 2.45) is 0 Å². The molecule has 0 bridgehead atoms. The van der Waals surface area contributed by atoms with E-state index in [2.05, 4.69) is 0 Å². The van der Waals surface area contributed by atoms with Crippen LogP contribution in [0.1, 0.15) is 26.3 Å². The zero-order valence-corrected chi connectivity index (χ0v) is 11.5. The molecule has 18 heavy (non-hydrogen) atoms. The van der Waals surface area contributed by atoms with Gasteiger partial charge in [-0.05, 0) is 32.4 Å². The van der Waals surface area contributed by atoms with E-state index in [1.165, 1.54) is 4.57 Å². The van der Waals surface area contributed by atoms with Crippen molar-refractivity contribution < 1.29 is 9.53 Å². The largest absolute Gasteiger partial charge is 0.443 e. The molecule has 4 heteroatoms. The van der Waals surface area contributed by atoms with Crippen LogP contribution in [0, 0.1) is 0 Å². The van der Waals surface area contributed by atoms with Crippen molar-refractivity contribution in [1.29, 1.82) is 0 Å². The summed E-state index contributed by atoms with van der Waals surface area (Å²) in [5.74, 6) is 0.371. The number of aromatic nitrogens is 1. The normalized spacial score (nSPS) is 11.8. The number of para-hydroxylation sites is 1. The lowest BCUT2D eigenvalue weighted by Crippen LogP contribution is -2.26. The molecule has 0 aliphatic heterocycles. The molecule has 0 atom stereocenters. The monoisotopic (exact) mass is 265 g/mol. The third kappa shape index (κ3) is 2.51. The molecule has 0 aliphatic carbocycles. The number of halogens is 1. The highest BCUT2D eigenvalue weighted by Gasteiger charge is 2.20. The number of hydrogen-bond donors (Lipinski definition) is 0. The summed E-state index contributed by atoms with van der Waals surface area (Å²) in [6, 6.07) is 7.66. The molecule has 0 aliphatic rings. The summed E-state index contributed by atoms with van der Waals surface area (Å²) in [6.45, 7) is 5.54. The van der Waals surface area contributed by atoms with Crippen LogP contribution < -0.4 is 0 Å². The fourth-order valence-corrected chi connectivity index (χ4v) is 2.03. The van der Waals surface area contributed by atoms with E-state index in [9.17, 15) is 4.79 Å². The predicted molar refractivity (Wildman–Crippen MR) is 73.1 cm³/mol. The maximum Gasteiger partial charge on any atom is 0.419 e. The average Bonchev–Trinajstić information content (AvgIpc) is 2.65. The SMILES string of the molecule is CC(C)(C)OC(=O)n1cc(CCl)c2ccccc21. The number of carbonyl (C=O) groups excluding carboxylic acids is 1. The van der Waals surface area contributed by atoms with E-state index in [1.54, 1.807) is 6.20 Å². The van der Waals surface area contributed by atoms with Gasteiger partial charge in [0.2, 0.25) is 0 Å². The lowest BCUT2D eigenvalue weighted by Gasteiger charge is -2.19. The first-order chi connectivity index (χ1) is 8.42. The van der Waals surface area contributed by atoms with E-state index in [1.807, 2.05) is 45.0 Å². The van der Waals surface area contributed by atoms with Gasteiger partial charge in [0, 0.05) is 17.5 Å². The summed E-state index contributed by atoms with van der Waals surface area (Å²) in [4.78, 5) is 12.1. The van der Waals surface area contributed by atoms with Gasteiger partial charge in [-0.15, -0.1) is 11.6 Å². The third-order valence-corrected chi connectivity index (χ3v) is 2.82. The second kappa shape index (κ2) is 4.65. The van der Waals surface area contributed by atoms with E-state index in [0.717, 1.165) is 16.5 Å². The highest BCUT2D eigenvalue weighted by atomic mass is 35.5. The molecule has 0 saturated carbocycles. The van der Waals surface area contributed by atoms with E-state index in [0.29, 0.717) is 5.88 Å². The van der Waals surface area contributed by atoms with Crippen LogP contribution in [0.25, 0.3) is 10.9 Å². The Morgan fingerprint density at radius 1 is 1.33 bits per heavy atom. The molecule has 0 amide bonds. The Bertz CT molecular complexity index is 581. The smallest absolute Gasteiger partial charge is 0.419 e. The van der Waals surface area contributed by atoms with Crippen molar-refractivity contribution in [3.8, 4) is 0 Å². The second-order valence-corrected chi connectivity index (χ2v) is 5.42. The van der Waals surface area contributed by atoms with Crippen molar-refractivity contribution >= 4 is 28.6 Å². The quantitative estimate of drug-likeness (QED) is 0.725. The Morgan fingerprint density at radius 3 is 2.61 bits per heavy atom. The minimum absolute atomic E-state index is 0.371. The minimum Gasteiger partial charge on any atom is -0.443 e. The Labute approximate surface area is 111 Å². The van der Waals surface area contributed by atoms with Gasteiger partial charge in [0.15, 0.2) is 0 Å². The van der Waals surface area contributed by atoms with Crippen molar-refractivity contribution in [2.75, 3.05) is 0 Å². The van der Waals surface area contributed by atoms with Crippen LogP contribution in [0.5, 0.6) is 0 Å². The molecule has 0 saturated heterocycles. The van der Waals surface area contributed by atoms with Gasteiger partial charge >= 0.3 is 6.09 Å². The van der Waals surface area contributed by atoms with Gasteiger partial charge < -0.3 is 4.74 Å². The molecular formula is C14H16ClNO2. The first-order valence-electron chi connectivity index (χ1n) is 5.80. The number of rotatable bonds is 1. The predicted octanol–water partition coefficient (Wildman–Crippen LogP) is 4.16. The van der Waals surface area contributed by atoms with E-state index in [4.69, 9.17) is 16.3 Å². The Morgan fingerprint density at radius 2 is 2.00 bits per heavy atom. The fourth-order valence-electron chi connectivity index (χ4n) is 1.82. The maximum absolute atomic E-state index is 12.1. The molecule has 0 fully saturated rings. The van der Waals surface area contributed by atoms with Crippen LogP contribution in [0.2, 0.25) is 0 Å². The molecule has 1 heterocycles. The van der Waals surface area contributed by atoms with Crippen molar-refractivity contribution in [1.82, 2.24) is 4.57 Å². The Kier molecular flexibility index (Phi) is 3.35. The number of ether oxygens (including phenoxy) is 1. The van der Waals surface area contributed by atoms with Gasteiger partial charge in [0.25, 0.3) is 0 Å². The van der Waals surface area contributed by atoms with E-state index >= 15 is 0 Å². The summed E-state index contributed by atoms with van der Waals surface area (Å²) >= 11 is 5.89. The van der Waals surface area contributed by atoms with Gasteiger partial charge in [-0.1, -0.05) is 18.2 Å². The fraction of sp³-hybridized carbons (Fsp3) is 0.357. The number of alkyl halides is 1. The summed E-state index contributed by atoms with van der Waals surface area (Å²) < 4.78 is 6.88. The molecule has 0 unspecified atom stereocenters. The molecule has 0 spiro atoms. The highest BCUT2D eigenvalue weighted by Crippen LogP contribution is 2.23. The first kappa shape index (κ1) is 13.0. The molecule has 1 aromatic carbocycles. The van der Waals surface area contributed by atoms with Gasteiger partial charge in [-0.2, -0.15) is 0 Å². The third-order valence-electron chi connectivity index (χ3n) is 2.53. The lowest BCUT2D eigenvalue weighted by molar-refractivity contribution is 0.0544. The van der Waals surface area contributed by atoms with Crippen LogP contribution in [0.3, 0.4) is 0 Å². The summed E-state index contributed by atoms with van der Waals surface area (Å²) in [6.07, 6.45) is 1.36. The number of hydrogen-bond acceptors (Lipinski definition) is 2. The number of carbonyl (C=O) groups is 1. The molecule has 0 N–H and O–H groups in total. The van der Waals surface area contributed by atoms with Gasteiger partial charge in [-0.3, -0.25) is 4.57 Å². The second-order valence-electron chi connectivity index (χ2n) is 5.16. The molecule has 2 rings (SSSR count). The van der Waals surface area contributed by atoms with Crippen molar-refractivity contribution in [3.63, 3.8) is 0 Å². The van der Waals surface area contributed by atoms with Crippen LogP contribution in [-0.4, -0.2) is 16.3 Å². The number of benzene rings is 1. The summed E-state index contributed by atoms with van der Waals surface area (Å²) in [5.41, 5.74) is 1.24. The molecule has 0 radical (unpaired) electrons. The summed E-state index contributed by atoms with van der Waals surface area (Å²) in [5, 5.41) is 0.985. The van der Waals surface area contributed by atoms with E-state index in [-0.39, 0.29) is 6.09 Å². The summed E-state index contributed by atoms with van der Waals surface area (Å²) in [7, 11) is 0. The van der Waals surface area contributed by atoms with Crippen molar-refractivity contribution in [3.05, 3.63) is 36.0 Å². The highest BCUT2D eigenvalue weighted by molar-refractivity contribution is 6.18. The van der Waals surface area contributed by atoms with Gasteiger partial charge in [-0.25, -0.2) is 4.79 Å². The first-order valence-corrected chi connectivity index (χ1v) is 6.34. The Hall–Kier alpha value is -1.48. The van der Waals surface area contributed by atoms with Crippen LogP contribution >= 0.6 is 11.6 Å². The van der Waals surface area contributed by atoms with Crippen LogP contribution in [0.4, 0.5) is 4.79 Å². The number of nitrogens with zero attached hydrogens (tertiary/aromatic N) is 1. The van der Waals surface area contributed by atoms with Gasteiger partial charge in [0.1, 0.15) is 5.60 Å². The van der Waals surface area contributed by atoms with Crippen molar-refractivity contribution in [2.45, 2.75) is 32.3 Å². The molecule has 96 valence electrons. The zero-order valence-electron chi connectivity index (χ0n) is 10.7. The van der Waals surface area contributed by atoms with Crippen LogP contribution in [0.15, 0.2) is 30.5 Å². The standard InChI is InChI=1S/C14H16ClNO2/c1-14(2,3)18-13(17)16-9-10(8-15)11-6-4-5-7-12(11)16/h4-7,9H,8H2,1-3H3. The Balaban J connectivity index is 2.48. The molecule has 2 aromatic rings. The van der Waals surface area contributed by atoms with Crippen LogP contribution in [-0.2, 0) is 10.6 Å². The molecule has 1 aromatic heterocycles. The topological polar surface area (TPSA) is 31.2 Å². The maximum atomic E-state index is 12.1. The number of fused-ring (bicyclic) bond motifs is 1. The molecular weight excluding hydrogens is 250 g/mol. The average molecular weight is 266 g/mol. The lowest BCUT2D eigenvalue weighted by atomic mass is 10.2. The minimum atomic E-state index is -0.510. The van der Waals surface area contributed by atoms with Gasteiger partial charge in [0.05, 0.1) is 5.52 Å². The molecule has 3 nitrogen and oxygen atoms in total.